The minimum absolute atomic E-state index is 0.0620. The first-order valence-electron chi connectivity index (χ1n) is 9.60. The topological polar surface area (TPSA) is 113 Å². The zero-order chi connectivity index (χ0) is 20.9. The van der Waals surface area contributed by atoms with Gasteiger partial charge in [0.1, 0.15) is 10.6 Å². The average Bonchev–Trinajstić information content (AvgIpc) is 2.84. The van der Waals surface area contributed by atoms with Gasteiger partial charge in [-0.25, -0.2) is 8.42 Å². The molecule has 0 saturated carbocycles. The third-order valence-corrected chi connectivity index (χ3v) is 6.90. The number of rotatable bonds is 7. The smallest absolute Gasteiger partial charge is 0.248 e. The highest BCUT2D eigenvalue weighted by atomic mass is 32.2. The van der Waals surface area contributed by atoms with Crippen molar-refractivity contribution in [1.82, 2.24) is 19.7 Å². The molecular weight excluding hydrogens is 384 g/mol. The predicted octanol–water partition coefficient (Wildman–Crippen LogP) is 1.07. The van der Waals surface area contributed by atoms with Gasteiger partial charge in [-0.2, -0.15) is 4.31 Å². The van der Waals surface area contributed by atoms with E-state index in [4.69, 9.17) is 4.52 Å². The van der Waals surface area contributed by atoms with Gasteiger partial charge in [0.25, 0.3) is 0 Å². The van der Waals surface area contributed by atoms with Crippen LogP contribution in [0.1, 0.15) is 44.6 Å². The van der Waals surface area contributed by atoms with Gasteiger partial charge in [-0.15, -0.1) is 0 Å². The highest BCUT2D eigenvalue weighted by molar-refractivity contribution is 7.89. The number of carbonyl (C=O) groups excluding carboxylic acids is 2. The van der Waals surface area contributed by atoms with Crippen LogP contribution in [0.2, 0.25) is 0 Å². The van der Waals surface area contributed by atoms with E-state index in [1.54, 1.807) is 18.7 Å². The van der Waals surface area contributed by atoms with Gasteiger partial charge in [-0.1, -0.05) is 19.0 Å². The van der Waals surface area contributed by atoms with Crippen molar-refractivity contribution in [1.29, 1.82) is 0 Å². The summed E-state index contributed by atoms with van der Waals surface area (Å²) in [5.74, 6) is 0.352. The van der Waals surface area contributed by atoms with E-state index < -0.39 is 10.0 Å². The lowest BCUT2D eigenvalue weighted by Crippen LogP contribution is -2.42. The molecule has 2 amide bonds. The molecule has 158 valence electrons. The molecule has 0 aliphatic carbocycles. The molecule has 0 spiro atoms. The molecule has 28 heavy (non-hydrogen) atoms. The zero-order valence-corrected chi connectivity index (χ0v) is 17.8. The number of aryl methyl sites for hydroxylation is 2. The van der Waals surface area contributed by atoms with Crippen molar-refractivity contribution in [2.75, 3.05) is 32.7 Å². The van der Waals surface area contributed by atoms with Gasteiger partial charge in [0.2, 0.25) is 21.8 Å². The van der Waals surface area contributed by atoms with Gasteiger partial charge in [-0.3, -0.25) is 9.59 Å². The summed E-state index contributed by atoms with van der Waals surface area (Å²) in [6.45, 7) is 8.43. The molecule has 0 unspecified atom stereocenters. The summed E-state index contributed by atoms with van der Waals surface area (Å²) < 4.78 is 32.2. The Kier molecular flexibility index (Phi) is 7.59. The SMILES string of the molecule is Cc1noc(C)c1S(=O)(=O)N1CCCN(C(=O)CNC(=O)CCC(C)C)CC1. The number of nitrogens with zero attached hydrogens (tertiary/aromatic N) is 3. The molecule has 1 saturated heterocycles. The van der Waals surface area contributed by atoms with Crippen LogP contribution in [0.3, 0.4) is 0 Å². The lowest BCUT2D eigenvalue weighted by molar-refractivity contribution is -0.132. The maximum absolute atomic E-state index is 12.9. The second-order valence-corrected chi connectivity index (χ2v) is 9.38. The largest absolute Gasteiger partial charge is 0.360 e. The van der Waals surface area contributed by atoms with Crippen molar-refractivity contribution >= 4 is 21.8 Å². The number of sulfonamides is 1. The predicted molar refractivity (Wildman–Crippen MR) is 103 cm³/mol. The van der Waals surface area contributed by atoms with E-state index in [1.807, 2.05) is 13.8 Å². The Morgan fingerprint density at radius 1 is 1.18 bits per heavy atom. The molecular formula is C18H30N4O5S. The number of hydrogen-bond acceptors (Lipinski definition) is 6. The van der Waals surface area contributed by atoms with Crippen molar-refractivity contribution in [3.63, 3.8) is 0 Å². The second kappa shape index (κ2) is 9.51. The first-order chi connectivity index (χ1) is 13.1. The molecule has 10 heteroatoms. The third-order valence-electron chi connectivity index (χ3n) is 4.76. The van der Waals surface area contributed by atoms with Gasteiger partial charge in [0.15, 0.2) is 5.76 Å². The average molecular weight is 415 g/mol. The summed E-state index contributed by atoms with van der Waals surface area (Å²) in [5.41, 5.74) is 0.332. The van der Waals surface area contributed by atoms with Crippen LogP contribution in [0.25, 0.3) is 0 Å². The Morgan fingerprint density at radius 2 is 1.89 bits per heavy atom. The highest BCUT2D eigenvalue weighted by Crippen LogP contribution is 2.24. The Balaban J connectivity index is 1.92. The van der Waals surface area contributed by atoms with Crippen LogP contribution in [0, 0.1) is 19.8 Å². The summed E-state index contributed by atoms with van der Waals surface area (Å²) in [4.78, 5) is 25.9. The van der Waals surface area contributed by atoms with Crippen LogP contribution in [0.4, 0.5) is 0 Å². The van der Waals surface area contributed by atoms with Gasteiger partial charge >= 0.3 is 0 Å². The van der Waals surface area contributed by atoms with Crippen molar-refractivity contribution in [2.45, 2.75) is 51.9 Å². The van der Waals surface area contributed by atoms with Crippen LogP contribution in [-0.4, -0.2) is 67.3 Å². The summed E-state index contributed by atoms with van der Waals surface area (Å²) in [6.07, 6.45) is 1.70. The third kappa shape index (κ3) is 5.54. The van der Waals surface area contributed by atoms with Crippen LogP contribution >= 0.6 is 0 Å². The molecule has 1 N–H and O–H groups in total. The minimum Gasteiger partial charge on any atom is -0.360 e. The molecule has 1 aromatic heterocycles. The zero-order valence-electron chi connectivity index (χ0n) is 17.0. The fraction of sp³-hybridized carbons (Fsp3) is 0.722. The molecule has 0 radical (unpaired) electrons. The monoisotopic (exact) mass is 414 g/mol. The van der Waals surface area contributed by atoms with Gasteiger partial charge in [0, 0.05) is 32.6 Å². The van der Waals surface area contributed by atoms with Gasteiger partial charge in [-0.05, 0) is 32.6 Å². The Bertz CT molecular complexity index is 783. The molecule has 2 heterocycles. The van der Waals surface area contributed by atoms with Crippen molar-refractivity contribution in [2.24, 2.45) is 5.92 Å². The quantitative estimate of drug-likeness (QED) is 0.714. The van der Waals surface area contributed by atoms with Crippen LogP contribution in [0.5, 0.6) is 0 Å². The Hall–Kier alpha value is -1.94. The number of amides is 2. The summed E-state index contributed by atoms with van der Waals surface area (Å²) in [6, 6.07) is 0. The molecule has 9 nitrogen and oxygen atoms in total. The van der Waals surface area contributed by atoms with E-state index in [2.05, 4.69) is 10.5 Å². The number of aromatic nitrogens is 1. The number of hydrogen-bond donors (Lipinski definition) is 1. The van der Waals surface area contributed by atoms with E-state index >= 15 is 0 Å². The number of nitrogens with one attached hydrogen (secondary N) is 1. The molecule has 1 fully saturated rings. The maximum atomic E-state index is 12.9. The lowest BCUT2D eigenvalue weighted by Gasteiger charge is -2.22. The van der Waals surface area contributed by atoms with Crippen molar-refractivity contribution in [3.05, 3.63) is 11.5 Å². The van der Waals surface area contributed by atoms with Crippen LogP contribution in [-0.2, 0) is 19.6 Å². The Labute approximate surface area is 166 Å². The molecule has 1 aliphatic heterocycles. The van der Waals surface area contributed by atoms with Crippen molar-refractivity contribution < 1.29 is 22.5 Å². The van der Waals surface area contributed by atoms with E-state index in [9.17, 15) is 18.0 Å². The fourth-order valence-electron chi connectivity index (χ4n) is 3.15. The summed E-state index contributed by atoms with van der Waals surface area (Å²) in [5, 5.41) is 6.38. The fourth-order valence-corrected chi connectivity index (χ4v) is 4.91. The van der Waals surface area contributed by atoms with Crippen molar-refractivity contribution in [3.8, 4) is 0 Å². The first-order valence-corrected chi connectivity index (χ1v) is 11.0. The first kappa shape index (κ1) is 22.4. The normalized spacial score (nSPS) is 16.2. The molecule has 1 aromatic rings. The second-order valence-electron chi connectivity index (χ2n) is 7.50. The minimum atomic E-state index is -3.72. The van der Waals surface area contributed by atoms with Crippen LogP contribution < -0.4 is 5.32 Å². The lowest BCUT2D eigenvalue weighted by atomic mass is 10.1. The van der Waals surface area contributed by atoms with E-state index in [0.29, 0.717) is 37.5 Å². The molecule has 0 atom stereocenters. The molecule has 1 aliphatic rings. The Morgan fingerprint density at radius 3 is 2.50 bits per heavy atom. The summed E-state index contributed by atoms with van der Waals surface area (Å²) >= 11 is 0. The van der Waals surface area contributed by atoms with Gasteiger partial charge in [0.05, 0.1) is 6.54 Å². The van der Waals surface area contributed by atoms with E-state index in [1.165, 1.54) is 4.31 Å². The molecule has 0 bridgehead atoms. The molecule has 2 rings (SSSR count). The summed E-state index contributed by atoms with van der Waals surface area (Å²) in [7, 11) is -3.72. The highest BCUT2D eigenvalue weighted by Gasteiger charge is 2.32. The van der Waals surface area contributed by atoms with E-state index in [0.717, 1.165) is 6.42 Å². The van der Waals surface area contributed by atoms with Gasteiger partial charge < -0.3 is 14.7 Å². The van der Waals surface area contributed by atoms with Crippen LogP contribution in [0.15, 0.2) is 9.42 Å². The molecule has 0 aromatic carbocycles. The standard InChI is InChI=1S/C18H30N4O5S/c1-13(2)6-7-16(23)19-12-17(24)21-8-5-9-22(11-10-21)28(25,26)18-14(3)20-27-15(18)4/h13H,5-12H2,1-4H3,(H,19,23). The number of carbonyl (C=O) groups is 2. The van der Waals surface area contributed by atoms with E-state index in [-0.39, 0.29) is 42.1 Å². The maximum Gasteiger partial charge on any atom is 0.248 e.